The molecule has 18 heavy (non-hydrogen) atoms. The van der Waals surface area contributed by atoms with Gasteiger partial charge >= 0.3 is 6.09 Å². The first-order valence-electron chi connectivity index (χ1n) is 5.99. The fourth-order valence-electron chi connectivity index (χ4n) is 1.23. The van der Waals surface area contributed by atoms with Crippen LogP contribution in [-0.4, -0.2) is 18.6 Å². The molecule has 0 spiro atoms. The van der Waals surface area contributed by atoms with Crippen LogP contribution >= 0.6 is 0 Å². The number of rotatable bonds is 5. The third kappa shape index (κ3) is 4.86. The van der Waals surface area contributed by atoms with Crippen LogP contribution < -0.4 is 10.6 Å². The quantitative estimate of drug-likeness (QED) is 0.844. The number of benzene rings is 1. The molecule has 0 radical (unpaired) electrons. The summed E-state index contributed by atoms with van der Waals surface area (Å²) in [6.07, 6.45) is 0.751. The molecular weight excluding hydrogens is 232 g/mol. The molecule has 98 valence electrons. The molecule has 1 aromatic rings. The molecule has 0 aliphatic heterocycles. The molecule has 0 bridgehead atoms. The van der Waals surface area contributed by atoms with Crippen molar-refractivity contribution in [2.45, 2.75) is 26.7 Å². The second-order valence-corrected chi connectivity index (χ2v) is 3.74. The zero-order valence-electron chi connectivity index (χ0n) is 10.7. The van der Waals surface area contributed by atoms with Crippen LogP contribution in [0.1, 0.15) is 26.7 Å². The number of carbonyl (C=O) groups is 2. The predicted octanol–water partition coefficient (Wildman–Crippen LogP) is 2.99. The van der Waals surface area contributed by atoms with Gasteiger partial charge in [0.25, 0.3) is 0 Å². The number of carbonyl (C=O) groups excluding carboxylic acids is 2. The summed E-state index contributed by atoms with van der Waals surface area (Å²) >= 11 is 0. The van der Waals surface area contributed by atoms with Gasteiger partial charge in [-0.05, 0) is 30.7 Å². The summed E-state index contributed by atoms with van der Waals surface area (Å²) in [6.45, 7) is 4.12. The van der Waals surface area contributed by atoms with Crippen LogP contribution in [0.15, 0.2) is 24.3 Å². The molecule has 0 fully saturated rings. The van der Waals surface area contributed by atoms with E-state index in [1.807, 2.05) is 6.92 Å². The second kappa shape index (κ2) is 7.32. The van der Waals surface area contributed by atoms with Gasteiger partial charge in [-0.3, -0.25) is 10.1 Å². The molecule has 0 atom stereocenters. The summed E-state index contributed by atoms with van der Waals surface area (Å²) in [5.41, 5.74) is 1.33. The summed E-state index contributed by atoms with van der Waals surface area (Å²) in [4.78, 5) is 22.4. The highest BCUT2D eigenvalue weighted by Crippen LogP contribution is 2.13. The lowest BCUT2D eigenvalue weighted by molar-refractivity contribution is -0.115. The molecule has 0 aliphatic rings. The summed E-state index contributed by atoms with van der Waals surface area (Å²) < 4.78 is 4.89. The van der Waals surface area contributed by atoms with Gasteiger partial charge < -0.3 is 10.1 Å². The molecule has 0 aromatic heterocycles. The van der Waals surface area contributed by atoms with Crippen LogP contribution in [0, 0.1) is 0 Å². The molecule has 0 saturated carbocycles. The number of nitrogens with one attached hydrogen (secondary N) is 2. The number of hydrogen-bond donors (Lipinski definition) is 2. The van der Waals surface area contributed by atoms with Crippen molar-refractivity contribution >= 4 is 23.4 Å². The average Bonchev–Trinajstić information content (AvgIpc) is 2.38. The molecule has 0 aliphatic carbocycles. The monoisotopic (exact) mass is 250 g/mol. The van der Waals surface area contributed by atoms with Gasteiger partial charge in [0.1, 0.15) is 0 Å². The zero-order valence-corrected chi connectivity index (χ0v) is 10.7. The predicted molar refractivity (Wildman–Crippen MR) is 70.6 cm³/mol. The molecule has 5 heteroatoms. The number of amides is 2. The Kier molecular flexibility index (Phi) is 5.70. The fraction of sp³-hybridized carbons (Fsp3) is 0.385. The van der Waals surface area contributed by atoms with Crippen molar-refractivity contribution in [2.24, 2.45) is 0 Å². The fourth-order valence-corrected chi connectivity index (χ4v) is 1.23. The van der Waals surface area contributed by atoms with Crippen molar-refractivity contribution < 1.29 is 14.3 Å². The number of ether oxygens (including phenoxy) is 1. The largest absolute Gasteiger partial charge is 0.449 e. The Hall–Kier alpha value is -2.04. The summed E-state index contributed by atoms with van der Waals surface area (Å²) in [5, 5.41) is 5.32. The van der Waals surface area contributed by atoms with E-state index in [4.69, 9.17) is 4.74 Å². The van der Waals surface area contributed by atoms with Gasteiger partial charge in [0.15, 0.2) is 0 Å². The smallest absolute Gasteiger partial charge is 0.411 e. The van der Waals surface area contributed by atoms with Gasteiger partial charge in [-0.2, -0.15) is 0 Å². The van der Waals surface area contributed by atoms with Gasteiger partial charge in [-0.15, -0.1) is 0 Å². The van der Waals surface area contributed by atoms with E-state index in [1.54, 1.807) is 31.2 Å². The van der Waals surface area contributed by atoms with E-state index >= 15 is 0 Å². The standard InChI is InChI=1S/C13H18N2O3/c1-3-9-18-13(17)15-11-7-5-10(6-8-11)14-12(16)4-2/h5-8H,3-4,9H2,1-2H3,(H,14,16)(H,15,17). The highest BCUT2D eigenvalue weighted by Gasteiger charge is 2.03. The molecule has 0 heterocycles. The highest BCUT2D eigenvalue weighted by atomic mass is 16.5. The minimum absolute atomic E-state index is 0.0435. The van der Waals surface area contributed by atoms with Crippen LogP contribution in [0.3, 0.4) is 0 Å². The minimum atomic E-state index is -0.470. The first kappa shape index (κ1) is 14.0. The number of hydrogen-bond acceptors (Lipinski definition) is 3. The second-order valence-electron chi connectivity index (χ2n) is 3.74. The summed E-state index contributed by atoms with van der Waals surface area (Å²) in [7, 11) is 0. The topological polar surface area (TPSA) is 67.4 Å². The van der Waals surface area contributed by atoms with Crippen molar-refractivity contribution in [3.8, 4) is 0 Å². The van der Waals surface area contributed by atoms with Gasteiger partial charge in [0.2, 0.25) is 5.91 Å². The Bertz CT molecular complexity index is 401. The summed E-state index contributed by atoms with van der Waals surface area (Å²) in [6, 6.07) is 6.86. The zero-order chi connectivity index (χ0) is 13.4. The van der Waals surface area contributed by atoms with E-state index in [-0.39, 0.29) is 5.91 Å². The SMILES string of the molecule is CCCOC(=O)Nc1ccc(NC(=O)CC)cc1. The summed E-state index contributed by atoms with van der Waals surface area (Å²) in [5.74, 6) is -0.0435. The van der Waals surface area contributed by atoms with Gasteiger partial charge in [0.05, 0.1) is 6.61 Å². The van der Waals surface area contributed by atoms with Crippen molar-refractivity contribution in [3.63, 3.8) is 0 Å². The Morgan fingerprint density at radius 3 is 2.11 bits per heavy atom. The van der Waals surface area contributed by atoms with Gasteiger partial charge in [-0.25, -0.2) is 4.79 Å². The maximum atomic E-state index is 11.3. The lowest BCUT2D eigenvalue weighted by Crippen LogP contribution is -2.14. The van der Waals surface area contributed by atoms with Crippen LogP contribution in [0.4, 0.5) is 16.2 Å². The van der Waals surface area contributed by atoms with E-state index in [0.717, 1.165) is 6.42 Å². The van der Waals surface area contributed by atoms with E-state index < -0.39 is 6.09 Å². The minimum Gasteiger partial charge on any atom is -0.449 e. The maximum absolute atomic E-state index is 11.3. The Labute approximate surface area is 107 Å². The molecule has 1 aromatic carbocycles. The molecule has 5 nitrogen and oxygen atoms in total. The number of anilines is 2. The van der Waals surface area contributed by atoms with E-state index in [1.165, 1.54) is 0 Å². The van der Waals surface area contributed by atoms with Crippen molar-refractivity contribution in [2.75, 3.05) is 17.2 Å². The van der Waals surface area contributed by atoms with Crippen LogP contribution in [-0.2, 0) is 9.53 Å². The Morgan fingerprint density at radius 1 is 1.06 bits per heavy atom. The third-order valence-electron chi connectivity index (χ3n) is 2.17. The average molecular weight is 250 g/mol. The normalized spacial score (nSPS) is 9.67. The Morgan fingerprint density at radius 2 is 1.61 bits per heavy atom. The van der Waals surface area contributed by atoms with Crippen LogP contribution in [0.5, 0.6) is 0 Å². The molecule has 2 amide bonds. The lowest BCUT2D eigenvalue weighted by atomic mass is 10.2. The van der Waals surface area contributed by atoms with Crippen molar-refractivity contribution in [1.29, 1.82) is 0 Å². The molecule has 0 saturated heterocycles. The van der Waals surface area contributed by atoms with Crippen LogP contribution in [0.2, 0.25) is 0 Å². The molecule has 1 rings (SSSR count). The van der Waals surface area contributed by atoms with Crippen molar-refractivity contribution in [3.05, 3.63) is 24.3 Å². The van der Waals surface area contributed by atoms with E-state index in [9.17, 15) is 9.59 Å². The molecular formula is C13H18N2O3. The van der Waals surface area contributed by atoms with Gasteiger partial charge in [0, 0.05) is 17.8 Å². The van der Waals surface area contributed by atoms with E-state index in [0.29, 0.717) is 24.4 Å². The molecule has 0 unspecified atom stereocenters. The third-order valence-corrected chi connectivity index (χ3v) is 2.17. The first-order chi connectivity index (χ1) is 8.65. The molecule has 2 N–H and O–H groups in total. The van der Waals surface area contributed by atoms with Crippen molar-refractivity contribution in [1.82, 2.24) is 0 Å². The highest BCUT2D eigenvalue weighted by molar-refractivity contribution is 5.91. The first-order valence-corrected chi connectivity index (χ1v) is 5.99. The lowest BCUT2D eigenvalue weighted by Gasteiger charge is -2.07. The van der Waals surface area contributed by atoms with Crippen LogP contribution in [0.25, 0.3) is 0 Å². The van der Waals surface area contributed by atoms with E-state index in [2.05, 4.69) is 10.6 Å². The Balaban J connectivity index is 2.49. The maximum Gasteiger partial charge on any atom is 0.411 e. The van der Waals surface area contributed by atoms with Gasteiger partial charge in [-0.1, -0.05) is 13.8 Å².